The predicted octanol–water partition coefficient (Wildman–Crippen LogP) is 3.92. The maximum absolute atomic E-state index is 12.3. The van der Waals surface area contributed by atoms with Gasteiger partial charge >= 0.3 is 0 Å². The second-order valence-electron chi connectivity index (χ2n) is 6.76. The van der Waals surface area contributed by atoms with Crippen molar-refractivity contribution in [2.75, 3.05) is 27.4 Å². The Morgan fingerprint density at radius 2 is 1.88 bits per heavy atom. The van der Waals surface area contributed by atoms with Crippen LogP contribution in [0.2, 0.25) is 10.0 Å². The van der Waals surface area contributed by atoms with E-state index in [4.69, 9.17) is 37.4 Å². The van der Waals surface area contributed by atoms with Crippen molar-refractivity contribution in [3.05, 3.63) is 64.1 Å². The second-order valence-corrected chi connectivity index (χ2v) is 7.60. The van der Waals surface area contributed by atoms with Crippen molar-refractivity contribution in [2.45, 2.75) is 0 Å². The summed E-state index contributed by atoms with van der Waals surface area (Å²) in [5, 5.41) is 16.3. The third-order valence-electron chi connectivity index (χ3n) is 4.70. The molecule has 0 aliphatic rings. The molecule has 2 heterocycles. The smallest absolute Gasteiger partial charge is 0.252 e. The first-order valence-corrected chi connectivity index (χ1v) is 10.6. The Morgan fingerprint density at radius 1 is 1.03 bits per heavy atom. The number of halogens is 2. The van der Waals surface area contributed by atoms with Crippen LogP contribution in [0, 0.1) is 0 Å². The van der Waals surface area contributed by atoms with E-state index in [0.717, 1.165) is 0 Å². The highest BCUT2D eigenvalue weighted by atomic mass is 35.5. The fraction of sp³-hybridized carbons (Fsp3) is 0.182. The number of carbonyl (C=O) groups excluding carboxylic acids is 1. The van der Waals surface area contributed by atoms with Gasteiger partial charge in [-0.1, -0.05) is 23.2 Å². The Morgan fingerprint density at radius 3 is 2.64 bits per heavy atom. The molecule has 0 bridgehead atoms. The van der Waals surface area contributed by atoms with Gasteiger partial charge in [-0.25, -0.2) is 0 Å². The third-order valence-corrected chi connectivity index (χ3v) is 5.25. The van der Waals surface area contributed by atoms with Crippen LogP contribution >= 0.6 is 23.2 Å². The van der Waals surface area contributed by atoms with Crippen molar-refractivity contribution in [1.82, 2.24) is 25.1 Å². The molecule has 2 aromatic carbocycles. The lowest BCUT2D eigenvalue weighted by Crippen LogP contribution is -2.28. The number of amides is 1. The van der Waals surface area contributed by atoms with E-state index in [1.165, 1.54) is 6.07 Å². The molecule has 0 unspecified atom stereocenters. The average molecular weight is 488 g/mol. The zero-order valence-electron chi connectivity index (χ0n) is 17.7. The summed E-state index contributed by atoms with van der Waals surface area (Å²) >= 11 is 11.9. The van der Waals surface area contributed by atoms with Crippen LogP contribution in [0.25, 0.3) is 17.0 Å². The molecule has 11 heteroatoms. The summed E-state index contributed by atoms with van der Waals surface area (Å²) < 4.78 is 18.0. The number of benzene rings is 2. The van der Waals surface area contributed by atoms with Gasteiger partial charge in [0.25, 0.3) is 5.91 Å². The monoisotopic (exact) mass is 487 g/mol. The fourth-order valence-corrected chi connectivity index (χ4v) is 3.59. The number of hydrogen-bond acceptors (Lipinski definition) is 7. The molecule has 1 N–H and O–H groups in total. The third kappa shape index (κ3) is 4.94. The number of aromatic nitrogens is 4. The zero-order valence-corrected chi connectivity index (χ0v) is 19.2. The van der Waals surface area contributed by atoms with Crippen molar-refractivity contribution in [1.29, 1.82) is 0 Å². The number of ether oxygens (including phenoxy) is 3. The second kappa shape index (κ2) is 9.93. The molecule has 4 aromatic rings. The first kappa shape index (κ1) is 22.6. The highest BCUT2D eigenvalue weighted by Gasteiger charge is 2.16. The Balaban J connectivity index is 1.46. The van der Waals surface area contributed by atoms with Gasteiger partial charge in [0.2, 0.25) is 5.88 Å². The number of fused-ring (bicyclic) bond motifs is 1. The summed E-state index contributed by atoms with van der Waals surface area (Å²) in [6.07, 6.45) is 0. The van der Waals surface area contributed by atoms with Crippen molar-refractivity contribution in [3.8, 4) is 28.8 Å². The van der Waals surface area contributed by atoms with Crippen molar-refractivity contribution < 1.29 is 19.0 Å². The van der Waals surface area contributed by atoms with E-state index in [1.54, 1.807) is 61.2 Å². The molecule has 33 heavy (non-hydrogen) atoms. The highest BCUT2D eigenvalue weighted by Crippen LogP contribution is 2.32. The van der Waals surface area contributed by atoms with E-state index in [0.29, 0.717) is 45.0 Å². The average Bonchev–Trinajstić information content (AvgIpc) is 3.24. The van der Waals surface area contributed by atoms with Gasteiger partial charge in [-0.2, -0.15) is 4.52 Å². The molecular formula is C22H19Cl2N5O4. The summed E-state index contributed by atoms with van der Waals surface area (Å²) in [5.41, 5.74) is 1.54. The molecule has 0 atom stereocenters. The first-order chi connectivity index (χ1) is 16.0. The zero-order chi connectivity index (χ0) is 23.4. The topological polar surface area (TPSA) is 99.9 Å². The van der Waals surface area contributed by atoms with E-state index in [-0.39, 0.29) is 24.1 Å². The molecule has 0 aliphatic carbocycles. The van der Waals surface area contributed by atoms with Gasteiger partial charge in [-0.05, 0) is 42.5 Å². The fourth-order valence-electron chi connectivity index (χ4n) is 3.09. The largest absolute Gasteiger partial charge is 0.497 e. The van der Waals surface area contributed by atoms with Crippen LogP contribution in [0.4, 0.5) is 0 Å². The summed E-state index contributed by atoms with van der Waals surface area (Å²) in [4.78, 5) is 12.3. The van der Waals surface area contributed by atoms with Crippen LogP contribution in [0.1, 0.15) is 10.4 Å². The lowest BCUT2D eigenvalue weighted by Gasteiger charge is -2.10. The molecule has 1 amide bonds. The Labute approximate surface area is 199 Å². The van der Waals surface area contributed by atoms with Gasteiger partial charge in [-0.15, -0.1) is 15.3 Å². The van der Waals surface area contributed by atoms with Gasteiger partial charge in [0, 0.05) is 11.1 Å². The SMILES string of the molecule is COc1ccc(OC)c(-c2nnc3ccc(OCCNC(=O)c4ccc(Cl)cc4Cl)nn23)c1. The standard InChI is InChI=1S/C22H19Cl2N5O4/c1-31-14-4-6-18(32-2)16(12-14)21-27-26-19-7-8-20(28-29(19)21)33-10-9-25-22(30)15-5-3-13(23)11-17(15)24/h3-8,11-12H,9-10H2,1-2H3,(H,25,30). The number of rotatable bonds is 8. The molecule has 2 aromatic heterocycles. The molecule has 0 spiro atoms. The van der Waals surface area contributed by atoms with E-state index in [2.05, 4.69) is 20.6 Å². The summed E-state index contributed by atoms with van der Waals surface area (Å²) in [6.45, 7) is 0.436. The predicted molar refractivity (Wildman–Crippen MR) is 124 cm³/mol. The number of hydrogen-bond donors (Lipinski definition) is 1. The van der Waals surface area contributed by atoms with Gasteiger partial charge in [0.05, 0.1) is 36.9 Å². The molecule has 0 aliphatic heterocycles. The molecule has 4 rings (SSSR count). The molecular weight excluding hydrogens is 469 g/mol. The van der Waals surface area contributed by atoms with Gasteiger partial charge < -0.3 is 19.5 Å². The van der Waals surface area contributed by atoms with E-state index in [9.17, 15) is 4.79 Å². The quantitative estimate of drug-likeness (QED) is 0.375. The van der Waals surface area contributed by atoms with E-state index < -0.39 is 0 Å². The van der Waals surface area contributed by atoms with Crippen molar-refractivity contribution in [2.24, 2.45) is 0 Å². The van der Waals surface area contributed by atoms with Crippen LogP contribution in [0.3, 0.4) is 0 Å². The Bertz CT molecular complexity index is 1310. The Kier molecular flexibility index (Phi) is 6.81. The van der Waals surface area contributed by atoms with Crippen LogP contribution in [-0.2, 0) is 0 Å². The molecule has 0 saturated heterocycles. The number of carbonyl (C=O) groups is 1. The normalized spacial score (nSPS) is 10.8. The minimum Gasteiger partial charge on any atom is -0.497 e. The lowest BCUT2D eigenvalue weighted by molar-refractivity contribution is 0.0946. The highest BCUT2D eigenvalue weighted by molar-refractivity contribution is 6.36. The van der Waals surface area contributed by atoms with Crippen molar-refractivity contribution in [3.63, 3.8) is 0 Å². The van der Waals surface area contributed by atoms with Crippen LogP contribution in [0.5, 0.6) is 17.4 Å². The summed E-state index contributed by atoms with van der Waals surface area (Å²) in [7, 11) is 3.15. The van der Waals surface area contributed by atoms with Crippen molar-refractivity contribution >= 4 is 34.8 Å². The molecule has 0 saturated carbocycles. The molecule has 0 radical (unpaired) electrons. The minimum absolute atomic E-state index is 0.190. The molecule has 0 fully saturated rings. The van der Waals surface area contributed by atoms with Crippen LogP contribution < -0.4 is 19.5 Å². The molecule has 9 nitrogen and oxygen atoms in total. The van der Waals surface area contributed by atoms with E-state index >= 15 is 0 Å². The Hall–Kier alpha value is -3.56. The summed E-state index contributed by atoms with van der Waals surface area (Å²) in [5.74, 6) is 1.73. The van der Waals surface area contributed by atoms with E-state index in [1.807, 2.05) is 0 Å². The maximum atomic E-state index is 12.3. The van der Waals surface area contributed by atoms with Crippen LogP contribution in [0.15, 0.2) is 48.5 Å². The van der Waals surface area contributed by atoms with Gasteiger partial charge in [0.1, 0.15) is 18.1 Å². The maximum Gasteiger partial charge on any atom is 0.252 e. The van der Waals surface area contributed by atoms with Crippen LogP contribution in [-0.4, -0.2) is 53.1 Å². The first-order valence-electron chi connectivity index (χ1n) is 9.81. The summed E-state index contributed by atoms with van der Waals surface area (Å²) in [6, 6.07) is 13.5. The number of nitrogens with one attached hydrogen (secondary N) is 1. The number of nitrogens with zero attached hydrogens (tertiary/aromatic N) is 4. The molecule has 170 valence electrons. The lowest BCUT2D eigenvalue weighted by atomic mass is 10.2. The number of methoxy groups -OCH3 is 2. The minimum atomic E-state index is -0.324. The van der Waals surface area contributed by atoms with Gasteiger partial charge in [0.15, 0.2) is 11.5 Å². The van der Waals surface area contributed by atoms with Gasteiger partial charge in [-0.3, -0.25) is 4.79 Å².